The lowest BCUT2D eigenvalue weighted by atomic mass is 10.00. The van der Waals surface area contributed by atoms with Gasteiger partial charge in [0.05, 0.1) is 5.69 Å². The number of benzene rings is 2. The van der Waals surface area contributed by atoms with Crippen molar-refractivity contribution in [2.45, 2.75) is 20.8 Å². The van der Waals surface area contributed by atoms with Gasteiger partial charge in [0.2, 0.25) is 0 Å². The van der Waals surface area contributed by atoms with Crippen molar-refractivity contribution in [2.24, 2.45) is 0 Å². The fourth-order valence-corrected chi connectivity index (χ4v) is 3.09. The highest BCUT2D eigenvalue weighted by molar-refractivity contribution is 6.10. The summed E-state index contributed by atoms with van der Waals surface area (Å²) in [5.74, 6) is 0. The van der Waals surface area contributed by atoms with Crippen LogP contribution in [0.2, 0.25) is 0 Å². The van der Waals surface area contributed by atoms with E-state index in [1.54, 1.807) is 0 Å². The molecule has 2 heteroatoms. The first kappa shape index (κ1) is 13.1. The van der Waals surface area contributed by atoms with E-state index in [1.165, 1.54) is 16.5 Å². The summed E-state index contributed by atoms with van der Waals surface area (Å²) in [6.07, 6.45) is 1.86. The Kier molecular flexibility index (Phi) is 2.80. The second-order valence-electron chi connectivity index (χ2n) is 5.91. The minimum atomic E-state index is 0.933. The van der Waals surface area contributed by atoms with Gasteiger partial charge < -0.3 is 4.42 Å². The summed E-state index contributed by atoms with van der Waals surface area (Å²) in [7, 11) is 0. The van der Waals surface area contributed by atoms with Crippen LogP contribution in [0.5, 0.6) is 0 Å². The Morgan fingerprint density at radius 3 is 2.45 bits per heavy atom. The zero-order chi connectivity index (χ0) is 15.3. The normalized spacial score (nSPS) is 11.4. The molecule has 0 unspecified atom stereocenters. The standard InChI is InChI=1S/C20H17NO/c1-12-9-10-21-17(11-12)18-13(2)7-8-16-15-6-4-5-14(3)19(15)22-20(16)18/h4-11H,1-3H3. The van der Waals surface area contributed by atoms with Gasteiger partial charge in [-0.3, -0.25) is 4.98 Å². The van der Waals surface area contributed by atoms with E-state index in [9.17, 15) is 0 Å². The molecule has 0 saturated carbocycles. The lowest BCUT2D eigenvalue weighted by Crippen LogP contribution is -1.88. The number of hydrogen-bond donors (Lipinski definition) is 0. The Hall–Kier alpha value is -2.61. The predicted molar refractivity (Wildman–Crippen MR) is 91.2 cm³/mol. The number of aromatic nitrogens is 1. The van der Waals surface area contributed by atoms with Crippen LogP contribution in [0.25, 0.3) is 33.2 Å². The molecule has 0 N–H and O–H groups in total. The Morgan fingerprint density at radius 1 is 0.818 bits per heavy atom. The van der Waals surface area contributed by atoms with Gasteiger partial charge >= 0.3 is 0 Å². The van der Waals surface area contributed by atoms with E-state index < -0.39 is 0 Å². The van der Waals surface area contributed by atoms with Gasteiger partial charge in [-0.25, -0.2) is 0 Å². The molecule has 0 aliphatic rings. The minimum absolute atomic E-state index is 0.933. The number of nitrogens with zero attached hydrogens (tertiary/aromatic N) is 1. The van der Waals surface area contributed by atoms with Gasteiger partial charge in [-0.05, 0) is 49.6 Å². The second-order valence-corrected chi connectivity index (χ2v) is 5.91. The van der Waals surface area contributed by atoms with Crippen molar-refractivity contribution < 1.29 is 4.42 Å². The summed E-state index contributed by atoms with van der Waals surface area (Å²) >= 11 is 0. The quantitative estimate of drug-likeness (QED) is 0.457. The van der Waals surface area contributed by atoms with E-state index in [1.807, 2.05) is 12.3 Å². The first-order chi connectivity index (χ1) is 10.6. The Morgan fingerprint density at radius 2 is 1.64 bits per heavy atom. The fraction of sp³-hybridized carbons (Fsp3) is 0.150. The average molecular weight is 287 g/mol. The number of furan rings is 1. The Balaban J connectivity index is 2.16. The third-order valence-corrected chi connectivity index (χ3v) is 4.24. The molecule has 0 saturated heterocycles. The van der Waals surface area contributed by atoms with Gasteiger partial charge in [-0.1, -0.05) is 30.3 Å². The van der Waals surface area contributed by atoms with Gasteiger partial charge in [-0.15, -0.1) is 0 Å². The third kappa shape index (κ3) is 1.84. The van der Waals surface area contributed by atoms with Gasteiger partial charge in [-0.2, -0.15) is 0 Å². The van der Waals surface area contributed by atoms with Crippen molar-refractivity contribution in [1.29, 1.82) is 0 Å². The van der Waals surface area contributed by atoms with Gasteiger partial charge in [0.25, 0.3) is 0 Å². The Labute approximate surface area is 129 Å². The topological polar surface area (TPSA) is 26.0 Å². The molecule has 0 fully saturated rings. The molecule has 4 aromatic rings. The molecule has 0 spiro atoms. The highest BCUT2D eigenvalue weighted by atomic mass is 16.3. The lowest BCUT2D eigenvalue weighted by molar-refractivity contribution is 0.666. The number of rotatable bonds is 1. The zero-order valence-electron chi connectivity index (χ0n) is 13.0. The summed E-state index contributed by atoms with van der Waals surface area (Å²) in [5.41, 5.74) is 7.52. The first-order valence-corrected chi connectivity index (χ1v) is 7.49. The number of aryl methyl sites for hydroxylation is 3. The summed E-state index contributed by atoms with van der Waals surface area (Å²) in [4.78, 5) is 4.55. The van der Waals surface area contributed by atoms with E-state index in [-0.39, 0.29) is 0 Å². The number of para-hydroxylation sites is 1. The van der Waals surface area contributed by atoms with Crippen LogP contribution >= 0.6 is 0 Å². The summed E-state index contributed by atoms with van der Waals surface area (Å²) in [6, 6.07) is 14.7. The van der Waals surface area contributed by atoms with E-state index >= 15 is 0 Å². The smallest absolute Gasteiger partial charge is 0.145 e. The maximum absolute atomic E-state index is 6.25. The lowest BCUT2D eigenvalue weighted by Gasteiger charge is -2.06. The third-order valence-electron chi connectivity index (χ3n) is 4.24. The fourth-order valence-electron chi connectivity index (χ4n) is 3.09. The molecule has 0 amide bonds. The van der Waals surface area contributed by atoms with Gasteiger partial charge in [0.1, 0.15) is 11.2 Å². The summed E-state index contributed by atoms with van der Waals surface area (Å²) in [6.45, 7) is 6.28. The van der Waals surface area contributed by atoms with E-state index in [0.29, 0.717) is 0 Å². The number of hydrogen-bond acceptors (Lipinski definition) is 2. The van der Waals surface area contributed by atoms with Gasteiger partial charge in [0, 0.05) is 22.5 Å². The van der Waals surface area contributed by atoms with Crippen LogP contribution in [0.15, 0.2) is 53.1 Å². The van der Waals surface area contributed by atoms with Crippen LogP contribution in [-0.4, -0.2) is 4.98 Å². The van der Waals surface area contributed by atoms with Gasteiger partial charge in [0.15, 0.2) is 0 Å². The van der Waals surface area contributed by atoms with E-state index in [2.05, 4.69) is 62.2 Å². The van der Waals surface area contributed by atoms with Crippen molar-refractivity contribution in [2.75, 3.05) is 0 Å². The van der Waals surface area contributed by atoms with Crippen LogP contribution in [0.1, 0.15) is 16.7 Å². The molecule has 108 valence electrons. The molecular formula is C20H17NO. The molecule has 2 nitrogen and oxygen atoms in total. The molecule has 2 aromatic heterocycles. The van der Waals surface area contributed by atoms with E-state index in [0.717, 1.165) is 33.4 Å². The molecule has 0 radical (unpaired) electrons. The Bertz CT molecular complexity index is 1010. The molecule has 0 aliphatic carbocycles. The summed E-state index contributed by atoms with van der Waals surface area (Å²) < 4.78 is 6.25. The number of fused-ring (bicyclic) bond motifs is 3. The molecule has 0 bridgehead atoms. The maximum Gasteiger partial charge on any atom is 0.145 e. The molecule has 0 atom stereocenters. The summed E-state index contributed by atoms with van der Waals surface area (Å²) in [5, 5.41) is 2.33. The molecular weight excluding hydrogens is 270 g/mol. The second kappa shape index (κ2) is 4.70. The largest absolute Gasteiger partial charge is 0.455 e. The number of pyridine rings is 1. The molecule has 2 heterocycles. The van der Waals surface area contributed by atoms with Crippen LogP contribution in [-0.2, 0) is 0 Å². The maximum atomic E-state index is 6.25. The monoisotopic (exact) mass is 287 g/mol. The SMILES string of the molecule is Cc1ccnc(-c2c(C)ccc3c2oc2c(C)cccc23)c1. The van der Waals surface area contributed by atoms with Crippen molar-refractivity contribution >= 4 is 21.9 Å². The highest BCUT2D eigenvalue weighted by Crippen LogP contribution is 2.38. The molecule has 0 aliphatic heterocycles. The van der Waals surface area contributed by atoms with Crippen LogP contribution in [0.4, 0.5) is 0 Å². The molecule has 4 rings (SSSR count). The predicted octanol–water partition coefficient (Wildman–Crippen LogP) is 5.57. The first-order valence-electron chi connectivity index (χ1n) is 7.49. The average Bonchev–Trinajstić information content (AvgIpc) is 2.87. The zero-order valence-corrected chi connectivity index (χ0v) is 13.0. The van der Waals surface area contributed by atoms with Crippen LogP contribution < -0.4 is 0 Å². The van der Waals surface area contributed by atoms with Crippen molar-refractivity contribution in [3.05, 3.63) is 65.4 Å². The minimum Gasteiger partial charge on any atom is -0.455 e. The van der Waals surface area contributed by atoms with Crippen molar-refractivity contribution in [1.82, 2.24) is 4.98 Å². The van der Waals surface area contributed by atoms with Crippen molar-refractivity contribution in [3.8, 4) is 11.3 Å². The van der Waals surface area contributed by atoms with Crippen LogP contribution in [0.3, 0.4) is 0 Å². The van der Waals surface area contributed by atoms with E-state index in [4.69, 9.17) is 4.42 Å². The molecule has 22 heavy (non-hydrogen) atoms. The van der Waals surface area contributed by atoms with Crippen LogP contribution in [0, 0.1) is 20.8 Å². The van der Waals surface area contributed by atoms with Crippen molar-refractivity contribution in [3.63, 3.8) is 0 Å². The highest BCUT2D eigenvalue weighted by Gasteiger charge is 2.16. The molecule has 2 aromatic carbocycles.